The van der Waals surface area contributed by atoms with Gasteiger partial charge in [-0.2, -0.15) is 12.7 Å². The maximum absolute atomic E-state index is 14.0. The van der Waals surface area contributed by atoms with Crippen molar-refractivity contribution in [2.24, 2.45) is 0 Å². The first-order valence-corrected chi connectivity index (χ1v) is 19.9. The van der Waals surface area contributed by atoms with Gasteiger partial charge in [-0.25, -0.2) is 4.72 Å². The third-order valence-electron chi connectivity index (χ3n) is 11.5. The first-order valence-electron chi connectivity index (χ1n) is 18.4. The van der Waals surface area contributed by atoms with E-state index in [0.717, 1.165) is 69.0 Å². The lowest BCUT2D eigenvalue weighted by Crippen LogP contribution is -2.52. The molecular formula is C40H45N5O7S. The highest BCUT2D eigenvalue weighted by Gasteiger charge is 2.47. The summed E-state index contributed by atoms with van der Waals surface area (Å²) >= 11 is 0. The van der Waals surface area contributed by atoms with E-state index < -0.39 is 45.9 Å². The normalized spacial score (nSPS) is 22.9. The summed E-state index contributed by atoms with van der Waals surface area (Å²) in [4.78, 5) is 43.3. The van der Waals surface area contributed by atoms with Gasteiger partial charge in [0.15, 0.2) is 0 Å². The van der Waals surface area contributed by atoms with Gasteiger partial charge in [0, 0.05) is 50.2 Å². The molecule has 8 rings (SSSR count). The highest BCUT2D eigenvalue weighted by Crippen LogP contribution is 2.54. The molecule has 3 atom stereocenters. The minimum atomic E-state index is -4.04. The van der Waals surface area contributed by atoms with Crippen molar-refractivity contribution < 1.29 is 32.3 Å². The molecule has 3 amide bonds. The van der Waals surface area contributed by atoms with E-state index in [0.29, 0.717) is 43.2 Å². The van der Waals surface area contributed by atoms with Crippen molar-refractivity contribution in [2.45, 2.75) is 69.0 Å². The number of ether oxygens (including phenoxy) is 2. The van der Waals surface area contributed by atoms with Crippen LogP contribution in [0.15, 0.2) is 83.0 Å². The summed E-state index contributed by atoms with van der Waals surface area (Å²) in [7, 11) is 0.350. The zero-order valence-corrected chi connectivity index (χ0v) is 31.1. The van der Waals surface area contributed by atoms with Gasteiger partial charge in [0.1, 0.15) is 5.75 Å². The molecule has 5 aliphatic rings. The molecule has 12 nitrogen and oxygen atoms in total. The quantitative estimate of drug-likeness (QED) is 0.344. The van der Waals surface area contributed by atoms with Crippen molar-refractivity contribution in [3.8, 4) is 5.75 Å². The summed E-state index contributed by atoms with van der Waals surface area (Å²) < 4.78 is 42.6. The average Bonchev–Trinajstić information content (AvgIpc) is 3.81. The molecule has 53 heavy (non-hydrogen) atoms. The molecule has 0 bridgehead atoms. The van der Waals surface area contributed by atoms with Crippen LogP contribution < -0.4 is 14.8 Å². The third kappa shape index (κ3) is 6.28. The first-order chi connectivity index (χ1) is 25.6. The summed E-state index contributed by atoms with van der Waals surface area (Å²) in [6, 6.07) is 15.0. The van der Waals surface area contributed by atoms with Gasteiger partial charge in [-0.15, -0.1) is 0 Å². The Morgan fingerprint density at radius 3 is 2.53 bits per heavy atom. The fourth-order valence-electron chi connectivity index (χ4n) is 8.83. The molecule has 3 aliphatic carbocycles. The van der Waals surface area contributed by atoms with Crippen molar-refractivity contribution in [1.29, 1.82) is 0 Å². The summed E-state index contributed by atoms with van der Waals surface area (Å²) in [5.74, 6) is -1.37. The lowest BCUT2D eigenvalue weighted by Gasteiger charge is -2.36. The van der Waals surface area contributed by atoms with Crippen LogP contribution in [-0.2, 0) is 35.9 Å². The number of aromatic nitrogens is 1. The van der Waals surface area contributed by atoms with Gasteiger partial charge in [-0.1, -0.05) is 67.8 Å². The number of nitrogens with one attached hydrogen (secondary N) is 2. The van der Waals surface area contributed by atoms with Crippen molar-refractivity contribution in [3.63, 3.8) is 0 Å². The van der Waals surface area contributed by atoms with Gasteiger partial charge in [-0.3, -0.25) is 14.4 Å². The second-order valence-electron chi connectivity index (χ2n) is 14.7. The molecule has 2 fully saturated rings. The number of allylic oxidation sites excluding steroid dienone is 2. The number of hydrogen-bond donors (Lipinski definition) is 2. The first kappa shape index (κ1) is 35.3. The maximum atomic E-state index is 14.0. The number of carbonyl (C=O) groups is 3. The Bertz CT molecular complexity index is 2200. The summed E-state index contributed by atoms with van der Waals surface area (Å²) in [5.41, 5.74) is 6.71. The molecule has 3 aromatic rings. The molecule has 2 aliphatic heterocycles. The molecule has 2 aromatic carbocycles. The van der Waals surface area contributed by atoms with E-state index in [9.17, 15) is 22.8 Å². The van der Waals surface area contributed by atoms with Crippen LogP contribution in [0.25, 0.3) is 10.9 Å². The number of carbonyl (C=O) groups excluding carboxylic acids is 3. The van der Waals surface area contributed by atoms with Crippen LogP contribution in [-0.4, -0.2) is 86.9 Å². The van der Waals surface area contributed by atoms with Gasteiger partial charge < -0.3 is 24.3 Å². The van der Waals surface area contributed by atoms with Gasteiger partial charge in [0.2, 0.25) is 0 Å². The smallest absolute Gasteiger partial charge is 0.312 e. The Labute approximate surface area is 309 Å². The van der Waals surface area contributed by atoms with Crippen molar-refractivity contribution in [3.05, 3.63) is 99.8 Å². The molecule has 1 saturated carbocycles. The van der Waals surface area contributed by atoms with E-state index in [-0.39, 0.29) is 6.54 Å². The summed E-state index contributed by atoms with van der Waals surface area (Å²) in [6.07, 6.45) is 10.1. The van der Waals surface area contributed by atoms with E-state index in [2.05, 4.69) is 26.7 Å². The number of morpholine rings is 1. The fraction of sp³-hybridized carbons (Fsp3) is 0.425. The zero-order valence-electron chi connectivity index (χ0n) is 30.3. The second kappa shape index (κ2) is 13.9. The van der Waals surface area contributed by atoms with Crippen LogP contribution in [0.1, 0.15) is 73.2 Å². The average molecular weight is 740 g/mol. The van der Waals surface area contributed by atoms with Crippen LogP contribution >= 0.6 is 0 Å². The highest BCUT2D eigenvalue weighted by molar-refractivity contribution is 7.87. The van der Waals surface area contributed by atoms with Crippen molar-refractivity contribution in [2.75, 3.05) is 41.0 Å². The Balaban J connectivity index is 1.21. The molecule has 1 unspecified atom stereocenters. The number of rotatable bonds is 7. The monoisotopic (exact) mass is 739 g/mol. The lowest BCUT2D eigenvalue weighted by atomic mass is 9.81. The molecule has 0 radical (unpaired) electrons. The third-order valence-corrected chi connectivity index (χ3v) is 12.9. The van der Waals surface area contributed by atoms with Crippen LogP contribution in [0.3, 0.4) is 0 Å². The van der Waals surface area contributed by atoms with Crippen molar-refractivity contribution >= 4 is 38.8 Å². The number of fused-ring (bicyclic) bond motifs is 6. The Morgan fingerprint density at radius 2 is 1.79 bits per heavy atom. The predicted octanol–water partition coefficient (Wildman–Crippen LogP) is 4.37. The topological polar surface area (TPSA) is 139 Å². The summed E-state index contributed by atoms with van der Waals surface area (Å²) in [5, 5.41) is 4.07. The number of benzene rings is 2. The Morgan fingerprint density at radius 1 is 1.02 bits per heavy atom. The Hall–Kier alpha value is -4.72. The van der Waals surface area contributed by atoms with Gasteiger partial charge in [0.25, 0.3) is 5.91 Å². The largest absolute Gasteiger partial charge is 0.496 e. The zero-order chi connectivity index (χ0) is 37.0. The molecule has 13 heteroatoms. The summed E-state index contributed by atoms with van der Waals surface area (Å²) in [6.45, 7) is 1.27. The number of nitrogens with zero attached hydrogens (tertiary/aromatic N) is 3. The number of methoxy groups -OCH3 is 1. The molecular weight excluding hydrogens is 695 g/mol. The highest BCUT2D eigenvalue weighted by atomic mass is 32.2. The van der Waals surface area contributed by atoms with Crippen LogP contribution in [0, 0.1) is 0 Å². The molecule has 3 heterocycles. The van der Waals surface area contributed by atoms with Crippen LogP contribution in [0.2, 0.25) is 0 Å². The van der Waals surface area contributed by atoms with Crippen LogP contribution in [0.5, 0.6) is 5.75 Å². The molecule has 2 N–H and O–H groups in total. The van der Waals surface area contributed by atoms with Gasteiger partial charge >= 0.3 is 22.0 Å². The Kier molecular flexibility index (Phi) is 9.28. The number of amides is 3. The SMILES string of the molecule is COc1ccc(C2CCCCC2)c2c1cc1n2CC2=C(C(=O)NS(=O)(=O)N(C)C)C2=C2C=CC[C@@H](NC(=O)C(=O)N3CCOCC3c3ccccc3)[C@H]21. The van der Waals surface area contributed by atoms with E-state index in [4.69, 9.17) is 9.47 Å². The lowest BCUT2D eigenvalue weighted by molar-refractivity contribution is -0.152. The second-order valence-corrected chi connectivity index (χ2v) is 16.6. The minimum Gasteiger partial charge on any atom is -0.496 e. The fourth-order valence-corrected chi connectivity index (χ4v) is 9.34. The predicted molar refractivity (Wildman–Crippen MR) is 199 cm³/mol. The van der Waals surface area contributed by atoms with E-state index in [1.54, 1.807) is 12.0 Å². The molecule has 1 saturated heterocycles. The molecule has 278 valence electrons. The number of hydrogen-bond acceptors (Lipinski definition) is 7. The van der Waals surface area contributed by atoms with E-state index in [1.165, 1.54) is 26.1 Å². The van der Waals surface area contributed by atoms with E-state index in [1.807, 2.05) is 48.6 Å². The minimum absolute atomic E-state index is 0.286. The molecule has 0 spiro atoms. The van der Waals surface area contributed by atoms with Crippen molar-refractivity contribution in [1.82, 2.24) is 23.8 Å². The van der Waals surface area contributed by atoms with E-state index >= 15 is 0 Å². The maximum Gasteiger partial charge on any atom is 0.312 e. The standard InChI is InChI=1S/C40H45N5O7S/c1-43(2)53(49,50)42-38(46)36-29-22-45-31(21-28-33(51-3)18-17-26(37(28)45)24-11-6-4-7-12-24)35-27(34(29)36)15-10-16-30(35)41-39(47)40(48)44-19-20-52-23-32(44)25-13-8-5-9-14-25/h5,8-10,13-15,17-18,21,24,30,32,35H,4,6-7,11-12,16,19-20,22-23H2,1-3H3,(H,41,47)(H,42,46)/t30-,32?,35+/m1/s1. The van der Waals surface area contributed by atoms with Crippen LogP contribution in [0.4, 0.5) is 0 Å². The molecule has 1 aromatic heterocycles. The van der Waals surface area contributed by atoms with Gasteiger partial charge in [-0.05, 0) is 65.2 Å². The van der Waals surface area contributed by atoms with Gasteiger partial charge in [0.05, 0.1) is 37.5 Å².